The van der Waals surface area contributed by atoms with Crippen LogP contribution in [0.15, 0.2) is 46.4 Å². The Bertz CT molecular complexity index is 281. The smallest absolute Gasteiger partial charge is 0.110 e. The Labute approximate surface area is 93.8 Å². The molecule has 0 saturated heterocycles. The van der Waals surface area contributed by atoms with Crippen molar-refractivity contribution in [3.63, 3.8) is 0 Å². The number of aliphatic imine (C=N–C) groups is 2. The fourth-order valence-corrected chi connectivity index (χ4v) is 0.637. The molecule has 2 nitrogen and oxygen atoms in total. The number of allylic oxidation sites excluding steroid dienone is 4. The molecule has 0 fully saturated rings. The van der Waals surface area contributed by atoms with Crippen molar-refractivity contribution in [2.24, 2.45) is 9.98 Å². The summed E-state index contributed by atoms with van der Waals surface area (Å²) in [5, 5.41) is 0. The molecule has 0 atom stereocenters. The lowest BCUT2D eigenvalue weighted by Gasteiger charge is -1.96. The van der Waals surface area contributed by atoms with E-state index in [0.29, 0.717) is 0 Å². The first-order chi connectivity index (χ1) is 7.07. The molecule has 0 spiro atoms. The first-order valence-corrected chi connectivity index (χ1v) is 5.06. The van der Waals surface area contributed by atoms with E-state index in [1.165, 1.54) is 6.34 Å². The van der Waals surface area contributed by atoms with Gasteiger partial charge in [-0.25, -0.2) is 4.99 Å². The van der Waals surface area contributed by atoms with E-state index in [9.17, 15) is 0 Å². The average Bonchev–Trinajstić information content (AvgIpc) is 2.20. The quantitative estimate of drug-likeness (QED) is 0.379. The molecule has 0 heterocycles. The standard InChI is InChI=1S/C11H16N2.C2H6/c1-9(2)6-7-11(10(3)4)13-8-12-5;1-2/h6-8H,1,3H2,2,4-5H3;1-2H3/b7-6-,12-8?,13-11?;. The molecule has 0 aromatic rings. The van der Waals surface area contributed by atoms with Crippen LogP contribution in [-0.2, 0) is 0 Å². The monoisotopic (exact) mass is 206 g/mol. The molecular weight excluding hydrogens is 184 g/mol. The SMILES string of the molecule is C=C(C)/C=C\C(=NC=NC)C(=C)C.CC. The normalized spacial score (nSPS) is 11.4. The fourth-order valence-electron chi connectivity index (χ4n) is 0.637. The second-order valence-corrected chi connectivity index (χ2v) is 2.85. The van der Waals surface area contributed by atoms with E-state index < -0.39 is 0 Å². The molecule has 0 aromatic carbocycles. The first kappa shape index (κ1) is 16.0. The lowest BCUT2D eigenvalue weighted by atomic mass is 10.2. The van der Waals surface area contributed by atoms with Gasteiger partial charge in [0, 0.05) is 7.05 Å². The Balaban J connectivity index is 0. The first-order valence-electron chi connectivity index (χ1n) is 5.06. The van der Waals surface area contributed by atoms with Crippen molar-refractivity contribution < 1.29 is 0 Å². The number of hydrogen-bond acceptors (Lipinski definition) is 1. The molecule has 0 aromatic heterocycles. The van der Waals surface area contributed by atoms with Crippen LogP contribution in [0.5, 0.6) is 0 Å². The molecule has 0 aliphatic rings. The summed E-state index contributed by atoms with van der Waals surface area (Å²) in [6.45, 7) is 15.4. The Morgan fingerprint density at radius 2 is 1.60 bits per heavy atom. The van der Waals surface area contributed by atoms with Gasteiger partial charge in [0.05, 0.1) is 5.71 Å². The molecule has 15 heavy (non-hydrogen) atoms. The Morgan fingerprint density at radius 3 is 1.93 bits per heavy atom. The van der Waals surface area contributed by atoms with E-state index in [0.717, 1.165) is 16.9 Å². The summed E-state index contributed by atoms with van der Waals surface area (Å²) in [5.41, 5.74) is 2.73. The van der Waals surface area contributed by atoms with Gasteiger partial charge in [0.1, 0.15) is 6.34 Å². The second-order valence-electron chi connectivity index (χ2n) is 2.85. The lowest BCUT2D eigenvalue weighted by molar-refractivity contribution is 1.44. The van der Waals surface area contributed by atoms with Gasteiger partial charge in [-0.15, -0.1) is 0 Å². The number of nitrogens with zero attached hydrogens (tertiary/aromatic N) is 2. The molecule has 0 rings (SSSR count). The molecule has 2 heteroatoms. The van der Waals surface area contributed by atoms with Gasteiger partial charge in [0.25, 0.3) is 0 Å². The zero-order valence-electron chi connectivity index (χ0n) is 10.5. The summed E-state index contributed by atoms with van der Waals surface area (Å²) >= 11 is 0. The molecule has 0 aliphatic carbocycles. The molecule has 0 unspecified atom stereocenters. The summed E-state index contributed by atoms with van der Waals surface area (Å²) in [7, 11) is 1.68. The van der Waals surface area contributed by atoms with Crippen molar-refractivity contribution in [2.75, 3.05) is 7.05 Å². The third kappa shape index (κ3) is 10.5. The van der Waals surface area contributed by atoms with Gasteiger partial charge < -0.3 is 0 Å². The van der Waals surface area contributed by atoms with Gasteiger partial charge >= 0.3 is 0 Å². The highest BCUT2D eigenvalue weighted by Gasteiger charge is 1.92. The van der Waals surface area contributed by atoms with Crippen LogP contribution in [0.3, 0.4) is 0 Å². The van der Waals surface area contributed by atoms with Crippen LogP contribution < -0.4 is 0 Å². The molecule has 84 valence electrons. The largest absolute Gasteiger partial charge is 0.277 e. The van der Waals surface area contributed by atoms with Crippen LogP contribution in [0.1, 0.15) is 27.7 Å². The molecular formula is C13H22N2. The lowest BCUT2D eigenvalue weighted by Crippen LogP contribution is -1.94. The topological polar surface area (TPSA) is 24.7 Å². The Kier molecular flexibility index (Phi) is 11.4. The minimum atomic E-state index is 0.827. The van der Waals surface area contributed by atoms with Gasteiger partial charge in [0.15, 0.2) is 0 Å². The predicted molar refractivity (Wildman–Crippen MR) is 72.0 cm³/mol. The van der Waals surface area contributed by atoms with E-state index in [2.05, 4.69) is 23.1 Å². The molecule has 0 N–H and O–H groups in total. The van der Waals surface area contributed by atoms with Gasteiger partial charge in [-0.1, -0.05) is 38.7 Å². The van der Waals surface area contributed by atoms with E-state index in [1.807, 2.05) is 39.8 Å². The molecule has 0 aliphatic heterocycles. The highest BCUT2D eigenvalue weighted by molar-refractivity contribution is 6.10. The van der Waals surface area contributed by atoms with Crippen LogP contribution in [0.25, 0.3) is 0 Å². The van der Waals surface area contributed by atoms with Crippen molar-refractivity contribution >= 4 is 12.1 Å². The summed E-state index contributed by atoms with van der Waals surface area (Å²) < 4.78 is 0. The maximum Gasteiger partial charge on any atom is 0.110 e. The highest BCUT2D eigenvalue weighted by atomic mass is 14.8. The third-order valence-corrected chi connectivity index (χ3v) is 1.28. The van der Waals surface area contributed by atoms with Crippen molar-refractivity contribution in [1.82, 2.24) is 0 Å². The van der Waals surface area contributed by atoms with E-state index >= 15 is 0 Å². The summed E-state index contributed by atoms with van der Waals surface area (Å²) in [6, 6.07) is 0. The van der Waals surface area contributed by atoms with Gasteiger partial charge in [-0.2, -0.15) is 0 Å². The predicted octanol–water partition coefficient (Wildman–Crippen LogP) is 3.82. The van der Waals surface area contributed by atoms with Crippen molar-refractivity contribution in [1.29, 1.82) is 0 Å². The maximum absolute atomic E-state index is 4.11. The zero-order chi connectivity index (χ0) is 12.3. The van der Waals surface area contributed by atoms with Crippen LogP contribution in [0, 0.1) is 0 Å². The van der Waals surface area contributed by atoms with E-state index in [-0.39, 0.29) is 0 Å². The molecule has 0 radical (unpaired) electrons. The van der Waals surface area contributed by atoms with Crippen LogP contribution in [0.4, 0.5) is 0 Å². The number of hydrogen-bond donors (Lipinski definition) is 0. The Hall–Kier alpha value is -1.44. The van der Waals surface area contributed by atoms with Gasteiger partial charge in [0.2, 0.25) is 0 Å². The van der Waals surface area contributed by atoms with Crippen LogP contribution in [-0.4, -0.2) is 19.1 Å². The average molecular weight is 206 g/mol. The van der Waals surface area contributed by atoms with Gasteiger partial charge in [-0.05, 0) is 25.5 Å². The van der Waals surface area contributed by atoms with Crippen molar-refractivity contribution in [3.05, 3.63) is 36.5 Å². The van der Waals surface area contributed by atoms with Gasteiger partial charge in [-0.3, -0.25) is 4.99 Å². The van der Waals surface area contributed by atoms with E-state index in [4.69, 9.17) is 0 Å². The summed E-state index contributed by atoms with van der Waals surface area (Å²) in [4.78, 5) is 7.89. The van der Waals surface area contributed by atoms with Crippen LogP contribution >= 0.6 is 0 Å². The minimum Gasteiger partial charge on any atom is -0.277 e. The maximum atomic E-state index is 4.11. The molecule has 0 amide bonds. The van der Waals surface area contributed by atoms with Crippen molar-refractivity contribution in [3.8, 4) is 0 Å². The number of rotatable bonds is 4. The Morgan fingerprint density at radius 1 is 1.07 bits per heavy atom. The summed E-state index contributed by atoms with van der Waals surface area (Å²) in [5.74, 6) is 0. The highest BCUT2D eigenvalue weighted by Crippen LogP contribution is 1.98. The zero-order valence-corrected chi connectivity index (χ0v) is 10.5. The molecule has 0 saturated carbocycles. The summed E-state index contributed by atoms with van der Waals surface area (Å²) in [6.07, 6.45) is 5.29. The second kappa shape index (κ2) is 10.6. The molecule has 0 bridgehead atoms. The fraction of sp³-hybridized carbons (Fsp3) is 0.385. The van der Waals surface area contributed by atoms with E-state index in [1.54, 1.807) is 7.05 Å². The minimum absolute atomic E-state index is 0.827. The van der Waals surface area contributed by atoms with Crippen LogP contribution in [0.2, 0.25) is 0 Å². The van der Waals surface area contributed by atoms with Crippen molar-refractivity contribution in [2.45, 2.75) is 27.7 Å². The third-order valence-electron chi connectivity index (χ3n) is 1.28.